The fraction of sp³-hybridized carbons (Fsp3) is 0.360. The van der Waals surface area contributed by atoms with E-state index in [9.17, 15) is 14.7 Å². The first-order chi connectivity index (χ1) is 16.4. The predicted molar refractivity (Wildman–Crippen MR) is 126 cm³/mol. The maximum atomic E-state index is 11.4. The molecule has 3 aromatic rings. The van der Waals surface area contributed by atoms with Gasteiger partial charge in [0.1, 0.15) is 31.4 Å². The number of hydrogen-bond donors (Lipinski definition) is 3. The molecule has 0 bridgehead atoms. The lowest BCUT2D eigenvalue weighted by molar-refractivity contribution is -0.124. The van der Waals surface area contributed by atoms with Gasteiger partial charge in [-0.2, -0.15) is 4.98 Å². The molecular formula is C25H29N3O6. The quantitative estimate of drug-likeness (QED) is 0.366. The predicted octanol–water partition coefficient (Wildman–Crippen LogP) is 2.50. The van der Waals surface area contributed by atoms with Gasteiger partial charge in [-0.3, -0.25) is 9.59 Å². The molecule has 0 aliphatic rings. The van der Waals surface area contributed by atoms with E-state index in [1.807, 2.05) is 45.0 Å². The van der Waals surface area contributed by atoms with Crippen molar-refractivity contribution in [2.24, 2.45) is 0 Å². The van der Waals surface area contributed by atoms with Crippen molar-refractivity contribution in [3.8, 4) is 28.6 Å². The first kappa shape index (κ1) is 25.1. The molecule has 0 saturated carbocycles. The maximum absolute atomic E-state index is 11.4. The molecule has 0 aliphatic heterocycles. The Balaban J connectivity index is 1.79. The molecule has 9 heteroatoms. The second-order valence-corrected chi connectivity index (χ2v) is 7.87. The lowest BCUT2D eigenvalue weighted by Gasteiger charge is -2.17. The Labute approximate surface area is 197 Å². The standard InChI is InChI=1S/C25H29N3O6/c1-4-16-6-7-18(10-20(16)12-29)25-27-24(28-34-25)19-8-15(3)23(17(5-2)9-19)33-14-21(31)11-26-22(32)13-30/h6-10,12,21,30-31H,4-5,11,13-14H2,1-3H3,(H,26,32). The number of aldehydes is 1. The Hall–Kier alpha value is -3.56. The largest absolute Gasteiger partial charge is 0.490 e. The summed E-state index contributed by atoms with van der Waals surface area (Å²) in [5.41, 5.74) is 4.73. The second kappa shape index (κ2) is 11.5. The molecule has 1 amide bonds. The molecule has 9 nitrogen and oxygen atoms in total. The van der Waals surface area contributed by atoms with Gasteiger partial charge in [0, 0.05) is 23.2 Å². The fourth-order valence-corrected chi connectivity index (χ4v) is 3.59. The summed E-state index contributed by atoms with van der Waals surface area (Å²) in [4.78, 5) is 27.0. The highest BCUT2D eigenvalue weighted by Gasteiger charge is 2.17. The average Bonchev–Trinajstić information content (AvgIpc) is 3.35. The molecule has 0 aliphatic carbocycles. The van der Waals surface area contributed by atoms with Crippen LogP contribution in [-0.4, -0.2) is 58.4 Å². The first-order valence-electron chi connectivity index (χ1n) is 11.1. The Morgan fingerprint density at radius 1 is 1.18 bits per heavy atom. The Morgan fingerprint density at radius 3 is 2.62 bits per heavy atom. The number of nitrogens with one attached hydrogen (secondary N) is 1. The molecule has 0 fully saturated rings. The minimum Gasteiger partial charge on any atom is -0.490 e. The Bertz CT molecular complexity index is 1160. The number of carbonyl (C=O) groups excluding carboxylic acids is 2. The highest BCUT2D eigenvalue weighted by Crippen LogP contribution is 2.31. The van der Waals surface area contributed by atoms with E-state index in [2.05, 4.69) is 15.5 Å². The third-order valence-electron chi connectivity index (χ3n) is 5.42. The summed E-state index contributed by atoms with van der Waals surface area (Å²) in [5, 5.41) is 25.3. The third kappa shape index (κ3) is 5.86. The van der Waals surface area contributed by atoms with Crippen molar-refractivity contribution < 1.29 is 29.1 Å². The molecule has 0 radical (unpaired) electrons. The van der Waals surface area contributed by atoms with Gasteiger partial charge in [-0.05, 0) is 60.7 Å². The molecule has 0 saturated heterocycles. The highest BCUT2D eigenvalue weighted by atomic mass is 16.5. The van der Waals surface area contributed by atoms with E-state index in [-0.39, 0.29) is 13.2 Å². The number of nitrogens with zero attached hydrogens (tertiary/aromatic N) is 2. The fourth-order valence-electron chi connectivity index (χ4n) is 3.59. The number of aliphatic hydroxyl groups is 2. The topological polar surface area (TPSA) is 135 Å². The number of aryl methyl sites for hydroxylation is 3. The van der Waals surface area contributed by atoms with Crippen molar-refractivity contribution in [3.63, 3.8) is 0 Å². The molecule has 3 rings (SSSR count). The number of ether oxygens (including phenoxy) is 1. The maximum Gasteiger partial charge on any atom is 0.258 e. The van der Waals surface area contributed by atoms with Crippen LogP contribution < -0.4 is 10.1 Å². The van der Waals surface area contributed by atoms with Crippen LogP contribution >= 0.6 is 0 Å². The summed E-state index contributed by atoms with van der Waals surface area (Å²) in [6.07, 6.45) is 1.33. The van der Waals surface area contributed by atoms with Crippen LogP contribution in [0.3, 0.4) is 0 Å². The molecule has 1 atom stereocenters. The van der Waals surface area contributed by atoms with Crippen molar-refractivity contribution >= 4 is 12.2 Å². The Morgan fingerprint density at radius 2 is 1.94 bits per heavy atom. The monoisotopic (exact) mass is 467 g/mol. The smallest absolute Gasteiger partial charge is 0.258 e. The van der Waals surface area contributed by atoms with Crippen LogP contribution in [0.2, 0.25) is 0 Å². The molecule has 1 heterocycles. The lowest BCUT2D eigenvalue weighted by Crippen LogP contribution is -2.36. The van der Waals surface area contributed by atoms with Crippen LogP contribution in [0.25, 0.3) is 22.8 Å². The van der Waals surface area contributed by atoms with Crippen molar-refractivity contribution in [1.29, 1.82) is 0 Å². The van der Waals surface area contributed by atoms with Gasteiger partial charge in [-0.25, -0.2) is 0 Å². The number of carbonyl (C=O) groups is 2. The normalized spacial score (nSPS) is 11.8. The zero-order chi connectivity index (χ0) is 24.7. The SMILES string of the molecule is CCc1ccc(-c2nc(-c3cc(C)c(OCC(O)CNC(=O)CO)c(CC)c3)no2)cc1C=O. The third-order valence-corrected chi connectivity index (χ3v) is 5.42. The summed E-state index contributed by atoms with van der Waals surface area (Å²) in [7, 11) is 0. The van der Waals surface area contributed by atoms with E-state index in [1.54, 1.807) is 6.07 Å². The van der Waals surface area contributed by atoms with Crippen molar-refractivity contribution in [2.45, 2.75) is 39.7 Å². The zero-order valence-electron chi connectivity index (χ0n) is 19.5. The van der Waals surface area contributed by atoms with Gasteiger partial charge in [-0.15, -0.1) is 0 Å². The van der Waals surface area contributed by atoms with Gasteiger partial charge in [-0.1, -0.05) is 25.1 Å². The molecule has 34 heavy (non-hydrogen) atoms. The molecule has 3 N–H and O–H groups in total. The van der Waals surface area contributed by atoms with E-state index in [1.165, 1.54) is 0 Å². The minimum atomic E-state index is -0.922. The van der Waals surface area contributed by atoms with Gasteiger partial charge >= 0.3 is 0 Å². The van der Waals surface area contributed by atoms with Crippen LogP contribution in [-0.2, 0) is 17.6 Å². The van der Waals surface area contributed by atoms with Crippen LogP contribution in [0.4, 0.5) is 0 Å². The van der Waals surface area contributed by atoms with Crippen molar-refractivity contribution in [2.75, 3.05) is 19.8 Å². The highest BCUT2D eigenvalue weighted by molar-refractivity contribution is 5.80. The van der Waals surface area contributed by atoms with Gasteiger partial charge < -0.3 is 24.8 Å². The molecular weight excluding hydrogens is 438 g/mol. The van der Waals surface area contributed by atoms with Crippen LogP contribution in [0, 0.1) is 6.92 Å². The number of hydrogen-bond acceptors (Lipinski definition) is 8. The van der Waals surface area contributed by atoms with Crippen LogP contribution in [0.15, 0.2) is 34.9 Å². The molecule has 1 unspecified atom stereocenters. The lowest BCUT2D eigenvalue weighted by atomic mass is 10.0. The van der Waals surface area contributed by atoms with Gasteiger partial charge in [0.05, 0.1) is 0 Å². The number of benzene rings is 2. The molecule has 180 valence electrons. The summed E-state index contributed by atoms with van der Waals surface area (Å²) in [5.74, 6) is 0.827. The van der Waals surface area contributed by atoms with Crippen LogP contribution in [0.5, 0.6) is 5.75 Å². The average molecular weight is 468 g/mol. The number of aliphatic hydroxyl groups excluding tert-OH is 2. The number of amides is 1. The summed E-state index contributed by atoms with van der Waals surface area (Å²) >= 11 is 0. The number of aromatic nitrogens is 2. The van der Waals surface area contributed by atoms with Gasteiger partial charge in [0.25, 0.3) is 5.89 Å². The first-order valence-corrected chi connectivity index (χ1v) is 11.1. The van der Waals surface area contributed by atoms with Gasteiger partial charge in [0.2, 0.25) is 11.7 Å². The van der Waals surface area contributed by atoms with E-state index >= 15 is 0 Å². The zero-order valence-corrected chi connectivity index (χ0v) is 19.5. The second-order valence-electron chi connectivity index (χ2n) is 7.87. The van der Waals surface area contributed by atoms with Crippen LogP contribution in [0.1, 0.15) is 40.9 Å². The van der Waals surface area contributed by atoms with Crippen molar-refractivity contribution in [1.82, 2.24) is 15.5 Å². The molecule has 0 spiro atoms. The van der Waals surface area contributed by atoms with E-state index < -0.39 is 18.6 Å². The molecule has 2 aromatic carbocycles. The summed E-state index contributed by atoms with van der Waals surface area (Å²) in [6.45, 7) is 5.20. The van der Waals surface area contributed by atoms with E-state index in [0.717, 1.165) is 35.0 Å². The molecule has 1 aromatic heterocycles. The van der Waals surface area contributed by atoms with Crippen molar-refractivity contribution in [3.05, 3.63) is 52.6 Å². The summed E-state index contributed by atoms with van der Waals surface area (Å²) in [6, 6.07) is 9.28. The minimum absolute atomic E-state index is 0.0158. The Kier molecular flexibility index (Phi) is 8.50. The summed E-state index contributed by atoms with van der Waals surface area (Å²) < 4.78 is 11.3. The number of rotatable bonds is 11. The van der Waals surface area contributed by atoms with E-state index in [0.29, 0.717) is 35.0 Å². The van der Waals surface area contributed by atoms with E-state index in [4.69, 9.17) is 14.4 Å². The van der Waals surface area contributed by atoms with Gasteiger partial charge in [0.15, 0.2) is 0 Å².